The summed E-state index contributed by atoms with van der Waals surface area (Å²) < 4.78 is 0. The molecular weight excluding hydrogens is 151 g/mol. The van der Waals surface area contributed by atoms with E-state index in [1.807, 2.05) is 0 Å². The number of nitrogens with zero attached hydrogens (tertiary/aromatic N) is 4. The van der Waals surface area contributed by atoms with E-state index in [4.69, 9.17) is 11.6 Å². The Morgan fingerprint density at radius 3 is 2.38 bits per heavy atom. The Balaban J connectivity index is 0.000000490. The molecule has 1 rings (SSSR count). The lowest BCUT2D eigenvalue weighted by atomic mass is 10.9. The van der Waals surface area contributed by atoms with E-state index in [1.165, 1.54) is 6.20 Å². The molecule has 0 N–H and O–H groups in total. The average Bonchev–Trinajstić information content (AvgIpc) is 1.69. The zero-order chi connectivity index (χ0) is 5.11. The van der Waals surface area contributed by atoms with Crippen LogP contribution in [0.5, 0.6) is 0 Å². The molecule has 0 spiro atoms. The summed E-state index contributed by atoms with van der Waals surface area (Å²) in [4.78, 5) is 0. The fourth-order valence-corrected chi connectivity index (χ4v) is 0.263. The smallest absolute Gasteiger partial charge is 0.147 e. The molecule has 0 aromatic carbocycles. The lowest BCUT2D eigenvalue weighted by molar-refractivity contribution is 0.762. The maximum Gasteiger partial charge on any atom is 0.173 e. The molecule has 1 aromatic heterocycles. The predicted molar refractivity (Wildman–Crippen MR) is 29.9 cm³/mol. The zero-order valence-corrected chi connectivity index (χ0v) is 5.22. The highest BCUT2D eigenvalue weighted by Crippen LogP contribution is 1.92. The van der Waals surface area contributed by atoms with Gasteiger partial charge in [0.05, 0.1) is 6.20 Å². The van der Waals surface area contributed by atoms with E-state index in [9.17, 15) is 0 Å². The Bertz CT molecular complexity index is 142. The van der Waals surface area contributed by atoms with Gasteiger partial charge in [0.15, 0.2) is 5.15 Å². The van der Waals surface area contributed by atoms with Crippen molar-refractivity contribution in [3.8, 4) is 0 Å². The second-order valence-electron chi connectivity index (χ2n) is 0.846. The van der Waals surface area contributed by atoms with E-state index in [-0.39, 0.29) is 17.6 Å². The molecule has 0 radical (unpaired) electrons. The Kier molecular flexibility index (Phi) is 3.30. The minimum absolute atomic E-state index is 0. The first-order valence-corrected chi connectivity index (χ1v) is 1.94. The third-order valence-corrected chi connectivity index (χ3v) is 0.569. The van der Waals surface area contributed by atoms with E-state index >= 15 is 0 Å². The molecule has 6 heteroatoms. The number of aromatic nitrogens is 4. The summed E-state index contributed by atoms with van der Waals surface area (Å²) >= 11 is 5.26. The van der Waals surface area contributed by atoms with Crippen molar-refractivity contribution in [2.24, 2.45) is 0 Å². The van der Waals surface area contributed by atoms with E-state index in [0.717, 1.165) is 0 Å². The molecule has 0 unspecified atom stereocenters. The van der Waals surface area contributed by atoms with Crippen LogP contribution < -0.4 is 0 Å². The Labute approximate surface area is 56.7 Å². The molecule has 4 nitrogen and oxygen atoms in total. The normalized spacial score (nSPS) is 7.62. The number of hydrogen-bond donors (Lipinski definition) is 0. The first-order valence-electron chi connectivity index (χ1n) is 1.56. The molecule has 0 aliphatic heterocycles. The number of hydrogen-bond acceptors (Lipinski definition) is 4. The molecule has 0 aliphatic rings. The average molecular weight is 153 g/mol. The Hall–Kier alpha value is -0.480. The summed E-state index contributed by atoms with van der Waals surface area (Å²) in [6, 6.07) is 0. The van der Waals surface area contributed by atoms with E-state index in [0.29, 0.717) is 0 Å². The Morgan fingerprint density at radius 1 is 1.38 bits per heavy atom. The lowest BCUT2D eigenvalue weighted by Crippen LogP contribution is -1.87. The van der Waals surface area contributed by atoms with Crippen LogP contribution in [0, 0.1) is 0 Å². The number of halogens is 2. The first kappa shape index (κ1) is 7.52. The molecule has 1 aromatic rings. The van der Waals surface area contributed by atoms with Gasteiger partial charge in [0.2, 0.25) is 0 Å². The molecule has 0 fully saturated rings. The molecule has 0 bridgehead atoms. The van der Waals surface area contributed by atoms with Crippen LogP contribution in [0.1, 0.15) is 0 Å². The monoisotopic (exact) mass is 152 g/mol. The second-order valence-corrected chi connectivity index (χ2v) is 1.23. The van der Waals surface area contributed by atoms with Crippen molar-refractivity contribution in [2.45, 2.75) is 0 Å². The minimum atomic E-state index is 0. The maximum absolute atomic E-state index is 5.26. The Morgan fingerprint density at radius 2 is 2.12 bits per heavy atom. The largest absolute Gasteiger partial charge is 0.173 e. The van der Waals surface area contributed by atoms with Gasteiger partial charge in [-0.2, -0.15) is 0 Å². The summed E-state index contributed by atoms with van der Waals surface area (Å²) in [5.41, 5.74) is 0. The summed E-state index contributed by atoms with van der Waals surface area (Å²) in [6.07, 6.45) is 1.31. The third kappa shape index (κ3) is 1.99. The molecular formula is C2H2Cl2N4. The highest BCUT2D eigenvalue weighted by molar-refractivity contribution is 6.29. The van der Waals surface area contributed by atoms with E-state index in [1.54, 1.807) is 0 Å². The van der Waals surface area contributed by atoms with Crippen LogP contribution in [0.2, 0.25) is 5.15 Å². The third-order valence-electron chi connectivity index (χ3n) is 0.396. The van der Waals surface area contributed by atoms with Crippen molar-refractivity contribution in [3.63, 3.8) is 0 Å². The fraction of sp³-hybridized carbons (Fsp3) is 0. The molecule has 0 atom stereocenters. The molecule has 44 valence electrons. The SMILES string of the molecule is Cl.Clc1cnnnn1. The van der Waals surface area contributed by atoms with Gasteiger partial charge in [-0.3, -0.25) is 0 Å². The minimum Gasteiger partial charge on any atom is -0.147 e. The fourth-order valence-electron chi connectivity index (χ4n) is 0.185. The van der Waals surface area contributed by atoms with Crippen molar-refractivity contribution >= 4 is 24.0 Å². The second kappa shape index (κ2) is 3.51. The predicted octanol–water partition coefficient (Wildman–Crippen LogP) is 0.342. The molecule has 0 amide bonds. The van der Waals surface area contributed by atoms with Crippen LogP contribution in [0.4, 0.5) is 0 Å². The van der Waals surface area contributed by atoms with Crippen molar-refractivity contribution < 1.29 is 0 Å². The lowest BCUT2D eigenvalue weighted by Gasteiger charge is -1.75. The van der Waals surface area contributed by atoms with Gasteiger partial charge in [0, 0.05) is 0 Å². The van der Waals surface area contributed by atoms with Crippen LogP contribution in [0.25, 0.3) is 0 Å². The highest BCUT2D eigenvalue weighted by Gasteiger charge is 1.80. The molecule has 0 saturated heterocycles. The van der Waals surface area contributed by atoms with Gasteiger partial charge in [0.1, 0.15) is 0 Å². The van der Waals surface area contributed by atoms with E-state index < -0.39 is 0 Å². The van der Waals surface area contributed by atoms with Crippen molar-refractivity contribution in [3.05, 3.63) is 11.3 Å². The topological polar surface area (TPSA) is 51.6 Å². The van der Waals surface area contributed by atoms with Crippen LogP contribution in [0.3, 0.4) is 0 Å². The van der Waals surface area contributed by atoms with Gasteiger partial charge in [0.25, 0.3) is 0 Å². The first-order chi connectivity index (χ1) is 3.39. The van der Waals surface area contributed by atoms with Crippen molar-refractivity contribution in [1.29, 1.82) is 0 Å². The number of rotatable bonds is 0. The van der Waals surface area contributed by atoms with Crippen molar-refractivity contribution in [2.75, 3.05) is 0 Å². The summed E-state index contributed by atoms with van der Waals surface area (Å²) in [6.45, 7) is 0. The van der Waals surface area contributed by atoms with Gasteiger partial charge < -0.3 is 0 Å². The standard InChI is InChI=1S/C2HClN4.ClH/c3-2-1-4-6-7-5-2;/h1H;1H. The summed E-state index contributed by atoms with van der Waals surface area (Å²) in [7, 11) is 0. The maximum atomic E-state index is 5.26. The van der Waals surface area contributed by atoms with Crippen LogP contribution in [-0.2, 0) is 0 Å². The van der Waals surface area contributed by atoms with Gasteiger partial charge >= 0.3 is 0 Å². The van der Waals surface area contributed by atoms with Crippen LogP contribution in [-0.4, -0.2) is 20.6 Å². The van der Waals surface area contributed by atoms with Gasteiger partial charge in [-0.25, -0.2) is 0 Å². The van der Waals surface area contributed by atoms with E-state index in [2.05, 4.69) is 20.6 Å². The van der Waals surface area contributed by atoms with Crippen LogP contribution in [0.15, 0.2) is 6.20 Å². The van der Waals surface area contributed by atoms with Gasteiger partial charge in [-0.1, -0.05) is 11.6 Å². The quantitative estimate of drug-likeness (QED) is 0.539. The molecule has 8 heavy (non-hydrogen) atoms. The van der Waals surface area contributed by atoms with Crippen LogP contribution >= 0.6 is 24.0 Å². The van der Waals surface area contributed by atoms with Gasteiger partial charge in [-0.05, 0) is 10.4 Å². The highest BCUT2D eigenvalue weighted by atomic mass is 35.5. The molecule has 0 saturated carbocycles. The zero-order valence-electron chi connectivity index (χ0n) is 3.65. The van der Waals surface area contributed by atoms with Crippen molar-refractivity contribution in [1.82, 2.24) is 20.6 Å². The molecule has 0 aliphatic carbocycles. The molecule has 1 heterocycles. The summed E-state index contributed by atoms with van der Waals surface area (Å²) in [5.74, 6) is 0. The van der Waals surface area contributed by atoms with Gasteiger partial charge in [-0.15, -0.1) is 22.6 Å². The summed E-state index contributed by atoms with van der Waals surface area (Å²) in [5, 5.41) is 13.2.